The summed E-state index contributed by atoms with van der Waals surface area (Å²) in [6.45, 7) is 2.72. The van der Waals surface area contributed by atoms with Crippen LogP contribution >= 0.6 is 11.6 Å². The summed E-state index contributed by atoms with van der Waals surface area (Å²) in [6, 6.07) is 2.06. The van der Waals surface area contributed by atoms with Crippen molar-refractivity contribution in [3.63, 3.8) is 0 Å². The Kier molecular flexibility index (Phi) is 7.96. The van der Waals surface area contributed by atoms with Crippen LogP contribution in [0.5, 0.6) is 5.75 Å². The fourth-order valence-corrected chi connectivity index (χ4v) is 3.60. The third kappa shape index (κ3) is 5.71. The molecule has 35 heavy (non-hydrogen) atoms. The predicted molar refractivity (Wildman–Crippen MR) is 124 cm³/mol. The molecular formula is C24H22ClF3N4O3. The molecule has 0 N–H and O–H groups in total. The summed E-state index contributed by atoms with van der Waals surface area (Å²) in [5.41, 5.74) is -0.0968. The van der Waals surface area contributed by atoms with Gasteiger partial charge in [0.05, 0.1) is 17.6 Å². The highest BCUT2D eigenvalue weighted by molar-refractivity contribution is 6.31. The summed E-state index contributed by atoms with van der Waals surface area (Å²) in [5.74, 6) is -2.59. The van der Waals surface area contributed by atoms with E-state index in [0.717, 1.165) is 10.8 Å². The van der Waals surface area contributed by atoms with Gasteiger partial charge in [-0.3, -0.25) is 24.1 Å². The third-order valence-electron chi connectivity index (χ3n) is 4.97. The van der Waals surface area contributed by atoms with Crippen molar-refractivity contribution >= 4 is 17.9 Å². The number of aldehydes is 1. The molecule has 7 nitrogen and oxygen atoms in total. The van der Waals surface area contributed by atoms with Crippen molar-refractivity contribution < 1.29 is 22.7 Å². The van der Waals surface area contributed by atoms with Crippen molar-refractivity contribution in [2.75, 3.05) is 14.1 Å². The molecule has 0 saturated carbocycles. The normalized spacial score (nSPS) is 11.5. The second kappa shape index (κ2) is 10.7. The SMILES string of the molecule is Cc1cnc(C/C(C=O)=C/N(C)C)c(F)c1-n1c(C)cc(OCc2ncc(F)cc2F)c(Cl)c1=O. The van der Waals surface area contributed by atoms with Gasteiger partial charge in [-0.05, 0) is 19.4 Å². The monoisotopic (exact) mass is 506 g/mol. The highest BCUT2D eigenvalue weighted by Gasteiger charge is 2.21. The number of rotatable bonds is 8. The van der Waals surface area contributed by atoms with E-state index in [1.165, 1.54) is 12.3 Å². The van der Waals surface area contributed by atoms with E-state index in [2.05, 4.69) is 9.97 Å². The number of aryl methyl sites for hydroxylation is 2. The standard InChI is InChI=1S/C24H22ClF3N4O3/c1-13-8-29-18(6-15(11-33)10-31(3)4)22(28)23(13)32-14(2)5-20(21(25)24(32)34)35-12-19-17(27)7-16(26)9-30-19/h5,7-11H,6,12H2,1-4H3/b15-10-. The van der Waals surface area contributed by atoms with Crippen molar-refractivity contribution in [2.45, 2.75) is 26.9 Å². The van der Waals surface area contributed by atoms with Crippen LogP contribution in [-0.4, -0.2) is 39.8 Å². The van der Waals surface area contributed by atoms with E-state index < -0.39 is 29.6 Å². The number of aromatic nitrogens is 3. The molecule has 0 aromatic carbocycles. The van der Waals surface area contributed by atoms with Crippen LogP contribution in [-0.2, 0) is 17.8 Å². The van der Waals surface area contributed by atoms with Crippen LogP contribution in [0.2, 0.25) is 5.02 Å². The number of carbonyl (C=O) groups excluding carboxylic acids is 1. The fourth-order valence-electron chi connectivity index (χ4n) is 3.40. The number of allylic oxidation sites excluding steroid dienone is 1. The smallest absolute Gasteiger partial charge is 0.278 e. The first kappa shape index (κ1) is 26.0. The van der Waals surface area contributed by atoms with Crippen LogP contribution in [0.25, 0.3) is 5.69 Å². The van der Waals surface area contributed by atoms with E-state index >= 15 is 4.39 Å². The average molecular weight is 507 g/mol. The number of halogens is 4. The number of carbonyl (C=O) groups is 1. The molecule has 0 aliphatic rings. The Hall–Kier alpha value is -3.66. The summed E-state index contributed by atoms with van der Waals surface area (Å²) >= 11 is 6.23. The lowest BCUT2D eigenvalue weighted by Gasteiger charge is -2.18. The molecule has 3 aromatic rings. The Labute approximate surface area is 204 Å². The lowest BCUT2D eigenvalue weighted by Crippen LogP contribution is -2.24. The van der Waals surface area contributed by atoms with Gasteiger partial charge in [0, 0.05) is 56.3 Å². The van der Waals surface area contributed by atoms with Crippen molar-refractivity contribution in [2.24, 2.45) is 0 Å². The molecule has 0 aliphatic carbocycles. The number of hydrogen-bond donors (Lipinski definition) is 0. The van der Waals surface area contributed by atoms with Gasteiger partial charge in [-0.1, -0.05) is 11.6 Å². The molecule has 3 rings (SSSR count). The molecule has 0 amide bonds. The number of nitrogens with zero attached hydrogens (tertiary/aromatic N) is 4. The molecule has 0 atom stereocenters. The minimum Gasteiger partial charge on any atom is -0.485 e. The second-order valence-electron chi connectivity index (χ2n) is 7.99. The predicted octanol–water partition coefficient (Wildman–Crippen LogP) is 4.08. The first-order chi connectivity index (χ1) is 16.5. The third-order valence-corrected chi connectivity index (χ3v) is 5.32. The zero-order chi connectivity index (χ0) is 25.9. The summed E-state index contributed by atoms with van der Waals surface area (Å²) in [4.78, 5) is 33.9. The van der Waals surface area contributed by atoms with E-state index in [1.807, 2.05) is 0 Å². The minimum absolute atomic E-state index is 0.0218. The van der Waals surface area contributed by atoms with E-state index in [0.29, 0.717) is 23.5 Å². The van der Waals surface area contributed by atoms with Crippen molar-refractivity contribution in [1.82, 2.24) is 19.4 Å². The minimum atomic E-state index is -0.911. The van der Waals surface area contributed by atoms with E-state index in [1.54, 1.807) is 39.0 Å². The average Bonchev–Trinajstić information content (AvgIpc) is 2.79. The van der Waals surface area contributed by atoms with E-state index in [-0.39, 0.29) is 40.0 Å². The summed E-state index contributed by atoms with van der Waals surface area (Å²) in [5, 5.41) is -0.364. The Balaban J connectivity index is 2.02. The van der Waals surface area contributed by atoms with Gasteiger partial charge in [0.1, 0.15) is 35.2 Å². The number of pyridine rings is 3. The fraction of sp³-hybridized carbons (Fsp3) is 0.250. The zero-order valence-electron chi connectivity index (χ0n) is 19.4. The summed E-state index contributed by atoms with van der Waals surface area (Å²) < 4.78 is 49.0. The molecule has 0 radical (unpaired) electrons. The van der Waals surface area contributed by atoms with E-state index in [4.69, 9.17) is 16.3 Å². The van der Waals surface area contributed by atoms with Crippen LogP contribution in [0.1, 0.15) is 22.6 Å². The van der Waals surface area contributed by atoms with Gasteiger partial charge in [0.25, 0.3) is 5.56 Å². The molecule has 0 bridgehead atoms. The number of ether oxygens (including phenoxy) is 1. The molecule has 0 spiro atoms. The second-order valence-corrected chi connectivity index (χ2v) is 8.37. The van der Waals surface area contributed by atoms with Crippen LogP contribution in [0.15, 0.2) is 41.1 Å². The van der Waals surface area contributed by atoms with Crippen LogP contribution in [0.4, 0.5) is 13.2 Å². The van der Waals surface area contributed by atoms with Crippen molar-refractivity contribution in [3.05, 3.63) is 91.8 Å². The molecule has 3 heterocycles. The Morgan fingerprint density at radius 2 is 1.83 bits per heavy atom. The van der Waals surface area contributed by atoms with Crippen LogP contribution in [0, 0.1) is 31.3 Å². The molecule has 0 unspecified atom stereocenters. The van der Waals surface area contributed by atoms with Crippen LogP contribution < -0.4 is 10.3 Å². The van der Waals surface area contributed by atoms with Crippen molar-refractivity contribution in [3.8, 4) is 11.4 Å². The molecule has 11 heteroatoms. The zero-order valence-corrected chi connectivity index (χ0v) is 20.2. The highest BCUT2D eigenvalue weighted by atomic mass is 35.5. The van der Waals surface area contributed by atoms with Gasteiger partial charge in [0.2, 0.25) is 0 Å². The van der Waals surface area contributed by atoms with E-state index in [9.17, 15) is 18.4 Å². The summed E-state index contributed by atoms with van der Waals surface area (Å²) in [6.07, 6.45) is 4.31. The van der Waals surface area contributed by atoms with Crippen molar-refractivity contribution in [1.29, 1.82) is 0 Å². The molecule has 3 aromatic heterocycles. The molecule has 0 fully saturated rings. The highest BCUT2D eigenvalue weighted by Crippen LogP contribution is 2.27. The maximum absolute atomic E-state index is 15.6. The first-order valence-electron chi connectivity index (χ1n) is 10.3. The Morgan fingerprint density at radius 1 is 1.14 bits per heavy atom. The lowest BCUT2D eigenvalue weighted by molar-refractivity contribution is -0.105. The molecule has 0 saturated heterocycles. The first-order valence-corrected chi connectivity index (χ1v) is 10.7. The number of hydrogen-bond acceptors (Lipinski definition) is 6. The van der Waals surface area contributed by atoms with Crippen LogP contribution in [0.3, 0.4) is 0 Å². The van der Waals surface area contributed by atoms with Gasteiger partial charge in [-0.15, -0.1) is 0 Å². The maximum Gasteiger partial charge on any atom is 0.278 e. The summed E-state index contributed by atoms with van der Waals surface area (Å²) in [7, 11) is 3.45. The Morgan fingerprint density at radius 3 is 2.46 bits per heavy atom. The topological polar surface area (TPSA) is 77.3 Å². The van der Waals surface area contributed by atoms with Gasteiger partial charge < -0.3 is 9.64 Å². The molecule has 0 aliphatic heterocycles. The van der Waals surface area contributed by atoms with Gasteiger partial charge in [-0.25, -0.2) is 13.2 Å². The Bertz CT molecular complexity index is 1370. The largest absolute Gasteiger partial charge is 0.485 e. The van der Waals surface area contributed by atoms with Gasteiger partial charge in [0.15, 0.2) is 11.6 Å². The lowest BCUT2D eigenvalue weighted by atomic mass is 10.1. The molecule has 184 valence electrons. The van der Waals surface area contributed by atoms with Gasteiger partial charge in [-0.2, -0.15) is 0 Å². The maximum atomic E-state index is 15.6. The molecular weight excluding hydrogens is 485 g/mol. The van der Waals surface area contributed by atoms with Gasteiger partial charge >= 0.3 is 0 Å². The quantitative estimate of drug-likeness (QED) is 0.338.